The summed E-state index contributed by atoms with van der Waals surface area (Å²) in [4.78, 5) is 35.3. The number of aliphatic hydroxyl groups excluding tert-OH is 1. The second-order valence-corrected chi connectivity index (χ2v) is 5.22. The van der Waals surface area contributed by atoms with Crippen molar-refractivity contribution < 1.29 is 29.0 Å². The van der Waals surface area contributed by atoms with Crippen molar-refractivity contribution in [3.05, 3.63) is 11.6 Å². The van der Waals surface area contributed by atoms with Crippen LogP contribution in [0.1, 0.15) is 47.0 Å². The molecule has 0 heterocycles. The number of hydrogen-bond donors (Lipinski definition) is 2. The lowest BCUT2D eigenvalue weighted by molar-refractivity contribution is -0.159. The van der Waals surface area contributed by atoms with Crippen molar-refractivity contribution in [2.75, 3.05) is 13.2 Å². The molecule has 0 saturated heterocycles. The number of aliphatic hydroxyl groups is 1. The summed E-state index contributed by atoms with van der Waals surface area (Å²) in [7, 11) is 0. The first kappa shape index (κ1) is 21.1. The van der Waals surface area contributed by atoms with E-state index in [1.165, 1.54) is 0 Å². The first-order chi connectivity index (χ1) is 10.8. The summed E-state index contributed by atoms with van der Waals surface area (Å²) in [5.74, 6) is -2.36. The molecule has 7 nitrogen and oxygen atoms in total. The molecule has 0 aromatic heterocycles. The largest absolute Gasteiger partial charge is 0.464 e. The van der Waals surface area contributed by atoms with E-state index >= 15 is 0 Å². The second kappa shape index (κ2) is 11.6. The predicted molar refractivity (Wildman–Crippen MR) is 84.5 cm³/mol. The topological polar surface area (TPSA) is 102 Å². The number of carbonyl (C=O) groups is 3. The van der Waals surface area contributed by atoms with Crippen LogP contribution in [0, 0.1) is 0 Å². The van der Waals surface area contributed by atoms with Gasteiger partial charge in [0.1, 0.15) is 0 Å². The lowest BCUT2D eigenvalue weighted by Gasteiger charge is -2.17. The summed E-state index contributed by atoms with van der Waals surface area (Å²) < 4.78 is 9.49. The third-order valence-electron chi connectivity index (χ3n) is 2.82. The molecule has 0 rings (SSSR count). The zero-order chi connectivity index (χ0) is 17.8. The van der Waals surface area contributed by atoms with Crippen LogP contribution in [-0.4, -0.2) is 48.3 Å². The molecule has 0 aromatic rings. The minimum Gasteiger partial charge on any atom is -0.464 e. The quantitative estimate of drug-likeness (QED) is 0.353. The van der Waals surface area contributed by atoms with Crippen molar-refractivity contribution in [1.29, 1.82) is 0 Å². The molecule has 23 heavy (non-hydrogen) atoms. The maximum Gasteiger partial charge on any atom is 0.340 e. The minimum atomic E-state index is -1.51. The van der Waals surface area contributed by atoms with Crippen LogP contribution in [0.15, 0.2) is 11.6 Å². The van der Waals surface area contributed by atoms with Gasteiger partial charge in [-0.3, -0.25) is 4.79 Å². The monoisotopic (exact) mass is 329 g/mol. The van der Waals surface area contributed by atoms with Crippen LogP contribution in [0.5, 0.6) is 0 Å². The van der Waals surface area contributed by atoms with Crippen LogP contribution in [0.4, 0.5) is 0 Å². The second-order valence-electron chi connectivity index (χ2n) is 5.22. The molecule has 7 heteroatoms. The number of esters is 2. The SMILES string of the molecule is CCOC(=O)C(NC(=O)CC(O)CCC=C(C)C)C(=O)OCC. The third-order valence-corrected chi connectivity index (χ3v) is 2.82. The van der Waals surface area contributed by atoms with Gasteiger partial charge in [-0.1, -0.05) is 11.6 Å². The number of rotatable bonds is 10. The molecule has 1 atom stereocenters. The van der Waals surface area contributed by atoms with Crippen molar-refractivity contribution in [2.45, 2.75) is 59.1 Å². The molecule has 0 aliphatic carbocycles. The molecule has 1 unspecified atom stereocenters. The Morgan fingerprint density at radius 3 is 2.04 bits per heavy atom. The summed E-state index contributed by atoms with van der Waals surface area (Å²) in [6.07, 6.45) is 1.97. The normalized spacial score (nSPS) is 11.6. The van der Waals surface area contributed by atoms with E-state index in [1.807, 2.05) is 19.9 Å². The van der Waals surface area contributed by atoms with E-state index in [-0.39, 0.29) is 19.6 Å². The van der Waals surface area contributed by atoms with Gasteiger partial charge in [-0.2, -0.15) is 0 Å². The fourth-order valence-corrected chi connectivity index (χ4v) is 1.77. The van der Waals surface area contributed by atoms with Gasteiger partial charge in [-0.15, -0.1) is 0 Å². The van der Waals surface area contributed by atoms with E-state index < -0.39 is 30.0 Å². The van der Waals surface area contributed by atoms with Crippen LogP contribution in [-0.2, 0) is 23.9 Å². The van der Waals surface area contributed by atoms with Gasteiger partial charge in [0.05, 0.1) is 25.7 Å². The molecule has 2 N–H and O–H groups in total. The Bertz CT molecular complexity index is 410. The standard InChI is InChI=1S/C16H27NO6/c1-5-22-15(20)14(16(21)23-6-2)17-13(19)10-12(18)9-7-8-11(3)4/h8,12,14,18H,5-7,9-10H2,1-4H3,(H,17,19). The zero-order valence-corrected chi connectivity index (χ0v) is 14.3. The molecule has 0 spiro atoms. The van der Waals surface area contributed by atoms with Gasteiger partial charge in [0.25, 0.3) is 0 Å². The van der Waals surface area contributed by atoms with E-state index in [1.54, 1.807) is 13.8 Å². The molecule has 0 saturated carbocycles. The number of nitrogens with one attached hydrogen (secondary N) is 1. The summed E-state index contributed by atoms with van der Waals surface area (Å²) in [5.41, 5.74) is 1.13. The Balaban J connectivity index is 4.55. The Morgan fingerprint density at radius 1 is 1.09 bits per heavy atom. The molecule has 1 amide bonds. The smallest absolute Gasteiger partial charge is 0.340 e. The lowest BCUT2D eigenvalue weighted by atomic mass is 10.1. The van der Waals surface area contributed by atoms with Gasteiger partial charge < -0.3 is 19.9 Å². The van der Waals surface area contributed by atoms with E-state index in [0.717, 1.165) is 5.57 Å². The molecular weight excluding hydrogens is 302 g/mol. The Labute approximate surface area is 137 Å². The molecule has 0 bridgehead atoms. The Hall–Kier alpha value is -1.89. The Kier molecular flexibility index (Phi) is 10.7. The average molecular weight is 329 g/mol. The fraction of sp³-hybridized carbons (Fsp3) is 0.688. The van der Waals surface area contributed by atoms with Crippen molar-refractivity contribution >= 4 is 17.8 Å². The molecule has 0 aliphatic heterocycles. The van der Waals surface area contributed by atoms with Crippen LogP contribution in [0.2, 0.25) is 0 Å². The highest BCUT2D eigenvalue weighted by molar-refractivity contribution is 6.02. The van der Waals surface area contributed by atoms with Gasteiger partial charge in [-0.25, -0.2) is 9.59 Å². The van der Waals surface area contributed by atoms with Gasteiger partial charge in [0.2, 0.25) is 11.9 Å². The average Bonchev–Trinajstić information content (AvgIpc) is 2.44. The van der Waals surface area contributed by atoms with Gasteiger partial charge in [-0.05, 0) is 40.5 Å². The lowest BCUT2D eigenvalue weighted by Crippen LogP contribution is -2.48. The van der Waals surface area contributed by atoms with Gasteiger partial charge >= 0.3 is 11.9 Å². The molecule has 0 radical (unpaired) electrons. The summed E-state index contributed by atoms with van der Waals surface area (Å²) in [6.45, 7) is 7.24. The Morgan fingerprint density at radius 2 is 1.61 bits per heavy atom. The summed E-state index contributed by atoms with van der Waals surface area (Å²) in [6, 6.07) is -1.51. The third kappa shape index (κ3) is 9.67. The number of hydrogen-bond acceptors (Lipinski definition) is 6. The number of ether oxygens (including phenoxy) is 2. The predicted octanol–water partition coefficient (Wildman–Crippen LogP) is 1.09. The van der Waals surface area contributed by atoms with Crippen molar-refractivity contribution in [1.82, 2.24) is 5.32 Å². The molecular formula is C16H27NO6. The van der Waals surface area contributed by atoms with Gasteiger partial charge in [0.15, 0.2) is 0 Å². The number of carbonyl (C=O) groups excluding carboxylic acids is 3. The van der Waals surface area contributed by atoms with Crippen molar-refractivity contribution in [3.63, 3.8) is 0 Å². The first-order valence-electron chi connectivity index (χ1n) is 7.75. The van der Waals surface area contributed by atoms with Crippen LogP contribution in [0.3, 0.4) is 0 Å². The first-order valence-corrected chi connectivity index (χ1v) is 7.75. The number of amides is 1. The minimum absolute atomic E-state index is 0.0793. The van der Waals surface area contributed by atoms with Crippen LogP contribution >= 0.6 is 0 Å². The maximum atomic E-state index is 11.9. The molecule has 0 fully saturated rings. The van der Waals surface area contributed by atoms with Crippen LogP contribution < -0.4 is 5.32 Å². The highest BCUT2D eigenvalue weighted by atomic mass is 16.6. The maximum absolute atomic E-state index is 11.9. The number of allylic oxidation sites excluding steroid dienone is 2. The van der Waals surface area contributed by atoms with E-state index in [9.17, 15) is 19.5 Å². The molecule has 0 aliphatic rings. The van der Waals surface area contributed by atoms with Crippen molar-refractivity contribution in [2.24, 2.45) is 0 Å². The van der Waals surface area contributed by atoms with E-state index in [2.05, 4.69) is 5.32 Å². The van der Waals surface area contributed by atoms with Crippen molar-refractivity contribution in [3.8, 4) is 0 Å². The van der Waals surface area contributed by atoms with E-state index in [4.69, 9.17) is 9.47 Å². The summed E-state index contributed by atoms with van der Waals surface area (Å²) in [5, 5.41) is 12.1. The summed E-state index contributed by atoms with van der Waals surface area (Å²) >= 11 is 0. The molecule has 0 aromatic carbocycles. The zero-order valence-electron chi connectivity index (χ0n) is 14.3. The highest BCUT2D eigenvalue weighted by Gasteiger charge is 2.31. The molecule has 132 valence electrons. The highest BCUT2D eigenvalue weighted by Crippen LogP contribution is 2.05. The van der Waals surface area contributed by atoms with Crippen LogP contribution in [0.25, 0.3) is 0 Å². The van der Waals surface area contributed by atoms with Gasteiger partial charge in [0, 0.05) is 0 Å². The fourth-order valence-electron chi connectivity index (χ4n) is 1.77. The van der Waals surface area contributed by atoms with E-state index in [0.29, 0.717) is 12.8 Å².